The lowest BCUT2D eigenvalue weighted by atomic mass is 10.1. The van der Waals surface area contributed by atoms with Gasteiger partial charge in [0.25, 0.3) is 5.91 Å². The van der Waals surface area contributed by atoms with Crippen LogP contribution in [0, 0.1) is 19.7 Å². The Labute approximate surface area is 263 Å². The summed E-state index contributed by atoms with van der Waals surface area (Å²) in [5.41, 5.74) is 3.15. The van der Waals surface area contributed by atoms with Crippen LogP contribution >= 0.6 is 0 Å². The summed E-state index contributed by atoms with van der Waals surface area (Å²) in [7, 11) is 3.73. The van der Waals surface area contributed by atoms with Crippen LogP contribution in [0.4, 0.5) is 21.7 Å². The molecule has 1 aliphatic rings. The van der Waals surface area contributed by atoms with E-state index in [0.29, 0.717) is 29.5 Å². The molecule has 1 aromatic heterocycles. The van der Waals surface area contributed by atoms with Crippen LogP contribution in [-0.2, 0) is 0 Å². The zero-order valence-corrected chi connectivity index (χ0v) is 26.1. The maximum absolute atomic E-state index is 14.5. The third-order valence-electron chi connectivity index (χ3n) is 7.65. The average molecular weight is 615 g/mol. The predicted molar refractivity (Wildman–Crippen MR) is 173 cm³/mol. The van der Waals surface area contributed by atoms with E-state index in [1.807, 2.05) is 44.2 Å². The van der Waals surface area contributed by atoms with Crippen LogP contribution in [0.1, 0.15) is 27.9 Å². The second-order valence-corrected chi connectivity index (χ2v) is 11.0. The van der Waals surface area contributed by atoms with Crippen molar-refractivity contribution < 1.29 is 23.4 Å². The molecule has 1 aliphatic heterocycles. The number of carbonyl (C=O) groups excluding carboxylic acids is 1. The first-order valence-corrected chi connectivity index (χ1v) is 15.0. The zero-order valence-electron chi connectivity index (χ0n) is 26.1. The van der Waals surface area contributed by atoms with Gasteiger partial charge in [0.05, 0.1) is 13.7 Å². The van der Waals surface area contributed by atoms with Gasteiger partial charge in [-0.3, -0.25) is 4.79 Å². The fraction of sp³-hybridized carbons (Fsp3) is 0.324. The normalized spacial score (nSPS) is 13.7. The molecule has 11 heteroatoms. The topological polar surface area (TPSA) is 101 Å². The molecule has 0 radical (unpaired) electrons. The van der Waals surface area contributed by atoms with Crippen molar-refractivity contribution in [1.29, 1.82) is 0 Å². The Hall–Kier alpha value is -4.74. The number of ether oxygens (including phenoxy) is 3. The number of aromatic nitrogens is 2. The molecular weight excluding hydrogens is 575 g/mol. The Morgan fingerprint density at radius 3 is 2.44 bits per heavy atom. The summed E-state index contributed by atoms with van der Waals surface area (Å²) in [5.74, 6) is 0.0775. The molecule has 1 fully saturated rings. The summed E-state index contributed by atoms with van der Waals surface area (Å²) in [6, 6.07) is 17.1. The lowest BCUT2D eigenvalue weighted by Crippen LogP contribution is -2.44. The van der Waals surface area contributed by atoms with Gasteiger partial charge < -0.3 is 34.6 Å². The number of hydrogen-bond acceptors (Lipinski definition) is 9. The highest BCUT2D eigenvalue weighted by Gasteiger charge is 2.20. The number of nitrogens with one attached hydrogen (secondary N) is 2. The molecule has 5 rings (SSSR count). The number of methoxy groups -OCH3 is 1. The molecule has 236 valence electrons. The van der Waals surface area contributed by atoms with Gasteiger partial charge in [-0.1, -0.05) is 30.3 Å². The van der Waals surface area contributed by atoms with E-state index in [2.05, 4.69) is 37.4 Å². The Bertz CT molecular complexity index is 1610. The van der Waals surface area contributed by atoms with Crippen molar-refractivity contribution in [2.75, 3.05) is 64.1 Å². The number of halogens is 1. The van der Waals surface area contributed by atoms with Crippen molar-refractivity contribution in [2.45, 2.75) is 20.3 Å². The number of aryl methyl sites for hydroxylation is 2. The van der Waals surface area contributed by atoms with E-state index in [1.165, 1.54) is 18.3 Å². The van der Waals surface area contributed by atoms with Gasteiger partial charge in [0.1, 0.15) is 5.56 Å². The van der Waals surface area contributed by atoms with Crippen molar-refractivity contribution in [3.8, 4) is 23.1 Å². The van der Waals surface area contributed by atoms with Crippen molar-refractivity contribution in [2.24, 2.45) is 0 Å². The van der Waals surface area contributed by atoms with Crippen molar-refractivity contribution in [3.05, 3.63) is 89.4 Å². The lowest BCUT2D eigenvalue weighted by molar-refractivity contribution is 0.102. The molecule has 1 amide bonds. The predicted octanol–water partition coefficient (Wildman–Crippen LogP) is 6.05. The number of amides is 1. The van der Waals surface area contributed by atoms with Gasteiger partial charge in [-0.05, 0) is 62.7 Å². The number of benzene rings is 3. The number of piperazine rings is 1. The summed E-state index contributed by atoms with van der Waals surface area (Å²) in [6.07, 6.45) is 2.26. The maximum atomic E-state index is 14.5. The Balaban J connectivity index is 1.31. The number of anilines is 3. The van der Waals surface area contributed by atoms with Crippen LogP contribution in [0.25, 0.3) is 0 Å². The van der Waals surface area contributed by atoms with Gasteiger partial charge in [-0.15, -0.1) is 0 Å². The van der Waals surface area contributed by atoms with E-state index >= 15 is 0 Å². The molecule has 1 saturated heterocycles. The van der Waals surface area contributed by atoms with E-state index in [1.54, 1.807) is 25.3 Å². The molecule has 0 aliphatic carbocycles. The third-order valence-corrected chi connectivity index (χ3v) is 7.65. The molecular formula is C34H39FN6O4. The van der Waals surface area contributed by atoms with Crippen LogP contribution in [0.15, 0.2) is 66.9 Å². The van der Waals surface area contributed by atoms with Crippen LogP contribution in [0.3, 0.4) is 0 Å². The number of nitrogens with zero attached hydrogens (tertiary/aromatic N) is 4. The van der Waals surface area contributed by atoms with Crippen LogP contribution in [0.2, 0.25) is 0 Å². The van der Waals surface area contributed by atoms with E-state index in [9.17, 15) is 9.18 Å². The molecule has 2 heterocycles. The number of rotatable bonds is 12. The summed E-state index contributed by atoms with van der Waals surface area (Å²) in [4.78, 5) is 27.0. The third kappa shape index (κ3) is 8.25. The molecule has 3 aromatic carbocycles. The molecule has 0 spiro atoms. The second-order valence-electron chi connectivity index (χ2n) is 11.0. The van der Waals surface area contributed by atoms with Crippen molar-refractivity contribution in [1.82, 2.24) is 19.8 Å². The highest BCUT2D eigenvalue weighted by Crippen LogP contribution is 2.33. The fourth-order valence-corrected chi connectivity index (χ4v) is 5.02. The molecule has 0 saturated carbocycles. The first-order valence-electron chi connectivity index (χ1n) is 15.0. The minimum Gasteiger partial charge on any atom is -0.493 e. The zero-order chi connectivity index (χ0) is 31.8. The van der Waals surface area contributed by atoms with E-state index in [-0.39, 0.29) is 23.1 Å². The number of carbonyl (C=O) groups is 1. The monoisotopic (exact) mass is 614 g/mol. The summed E-state index contributed by atoms with van der Waals surface area (Å²) in [6.45, 7) is 9.70. The molecule has 10 nitrogen and oxygen atoms in total. The fourth-order valence-electron chi connectivity index (χ4n) is 5.02. The number of para-hydroxylation sites is 2. The van der Waals surface area contributed by atoms with Crippen LogP contribution < -0.4 is 24.8 Å². The average Bonchev–Trinajstić information content (AvgIpc) is 3.03. The van der Waals surface area contributed by atoms with Crippen molar-refractivity contribution >= 4 is 23.2 Å². The van der Waals surface area contributed by atoms with E-state index in [0.717, 1.165) is 50.3 Å². The van der Waals surface area contributed by atoms with Crippen LogP contribution in [0.5, 0.6) is 23.1 Å². The van der Waals surface area contributed by atoms with Crippen molar-refractivity contribution in [3.63, 3.8) is 0 Å². The molecule has 45 heavy (non-hydrogen) atoms. The highest BCUT2D eigenvalue weighted by atomic mass is 19.1. The smallest absolute Gasteiger partial charge is 0.262 e. The van der Waals surface area contributed by atoms with Crippen LogP contribution in [-0.4, -0.2) is 79.2 Å². The lowest BCUT2D eigenvalue weighted by Gasteiger charge is -2.32. The molecule has 0 bridgehead atoms. The number of likely N-dealkylation sites (N-methyl/N-ethyl adjacent to an activating group) is 1. The number of hydrogen-bond donors (Lipinski definition) is 2. The summed E-state index contributed by atoms with van der Waals surface area (Å²) in [5, 5.41) is 6.04. The van der Waals surface area contributed by atoms with E-state index < -0.39 is 11.7 Å². The summed E-state index contributed by atoms with van der Waals surface area (Å²) >= 11 is 0. The maximum Gasteiger partial charge on any atom is 0.262 e. The quantitative estimate of drug-likeness (QED) is 0.185. The Morgan fingerprint density at radius 1 is 0.956 bits per heavy atom. The first kappa shape index (κ1) is 31.7. The largest absolute Gasteiger partial charge is 0.493 e. The van der Waals surface area contributed by atoms with Gasteiger partial charge in [0, 0.05) is 56.4 Å². The second kappa shape index (κ2) is 14.8. The van der Waals surface area contributed by atoms with Gasteiger partial charge in [0.2, 0.25) is 11.8 Å². The minimum atomic E-state index is -0.587. The Morgan fingerprint density at radius 2 is 1.71 bits per heavy atom. The SMILES string of the molecule is COc1cc(Nc2ncc(C(=O)Nc3c(C)cccc3C)c(Oc3ccccc3F)n2)ccc1OCCCN1CCN(C)CC1. The molecule has 4 aromatic rings. The van der Waals surface area contributed by atoms with Gasteiger partial charge in [0.15, 0.2) is 23.1 Å². The van der Waals surface area contributed by atoms with Gasteiger partial charge >= 0.3 is 0 Å². The molecule has 2 N–H and O–H groups in total. The van der Waals surface area contributed by atoms with E-state index in [4.69, 9.17) is 14.2 Å². The Kier molecular flexibility index (Phi) is 10.4. The standard InChI is InChI=1S/C34H39FN6O4/c1-23-9-7-10-24(2)31(23)38-32(42)26-22-36-34(39-33(26)45-28-12-6-5-11-27(28)35)37-25-13-14-29(30(21-25)43-4)44-20-8-15-41-18-16-40(3)17-19-41/h5-7,9-14,21-22H,8,15-20H2,1-4H3,(H,38,42)(H,36,37,39). The highest BCUT2D eigenvalue weighted by molar-refractivity contribution is 6.06. The molecule has 0 unspecified atom stereocenters. The first-order chi connectivity index (χ1) is 21.8. The molecule has 0 atom stereocenters. The minimum absolute atomic E-state index is 0.0457. The van der Waals surface area contributed by atoms with Gasteiger partial charge in [-0.25, -0.2) is 9.37 Å². The summed E-state index contributed by atoms with van der Waals surface area (Å²) < 4.78 is 32.0. The van der Waals surface area contributed by atoms with Gasteiger partial charge in [-0.2, -0.15) is 4.98 Å².